The smallest absolute Gasteiger partial charge is 0.0760 e. The summed E-state index contributed by atoms with van der Waals surface area (Å²) in [5.74, 6) is 1.50. The van der Waals surface area contributed by atoms with Crippen LogP contribution in [0, 0.1) is 5.92 Å². The van der Waals surface area contributed by atoms with E-state index in [9.17, 15) is 0 Å². The van der Waals surface area contributed by atoms with Crippen LogP contribution >= 0.6 is 0 Å². The highest BCUT2D eigenvalue weighted by Crippen LogP contribution is 2.21. The third-order valence-electron chi connectivity index (χ3n) is 2.02. The highest BCUT2D eigenvalue weighted by molar-refractivity contribution is 4.81. The lowest BCUT2D eigenvalue weighted by Gasteiger charge is -2.18. The summed E-state index contributed by atoms with van der Waals surface area (Å²) in [5.41, 5.74) is 0.0136. The number of azo groups is 1. The largest absolute Gasteiger partial charge is 0.191 e. The predicted octanol–water partition coefficient (Wildman–Crippen LogP) is 4.41. The zero-order chi connectivity index (χ0) is 11.2. The van der Waals surface area contributed by atoms with Crippen molar-refractivity contribution in [3.8, 4) is 0 Å². The van der Waals surface area contributed by atoms with E-state index in [0.29, 0.717) is 6.04 Å². The normalized spacial score (nSPS) is 13.4. The van der Waals surface area contributed by atoms with Crippen LogP contribution < -0.4 is 0 Å². The Morgan fingerprint density at radius 3 is 2.21 bits per heavy atom. The minimum atomic E-state index is 0.0136. The Bertz CT molecular complexity index is 169. The average molecular weight is 197 g/mol. The molecule has 0 aliphatic carbocycles. The summed E-state index contributed by atoms with van der Waals surface area (Å²) in [5, 5.41) is 8.58. The summed E-state index contributed by atoms with van der Waals surface area (Å²) in [6, 6.07) is 0.314. The summed E-state index contributed by atoms with van der Waals surface area (Å²) in [4.78, 5) is 0. The van der Waals surface area contributed by atoms with Gasteiger partial charge in [0.1, 0.15) is 0 Å². The van der Waals surface area contributed by atoms with Gasteiger partial charge < -0.3 is 0 Å². The van der Waals surface area contributed by atoms with Crippen LogP contribution in [-0.2, 0) is 0 Å². The van der Waals surface area contributed by atoms with Gasteiger partial charge in [0.15, 0.2) is 0 Å². The molecule has 0 aliphatic rings. The molecule has 0 saturated carbocycles. The standard InChI is InChI=1S/C12H25N2/c1-10(2)8-7-9-12(5,6)14-13-11(3)4/h11H,7-9H2,1-6H3. The maximum atomic E-state index is 4.37. The lowest BCUT2D eigenvalue weighted by Crippen LogP contribution is -2.16. The lowest BCUT2D eigenvalue weighted by atomic mass is 9.96. The predicted molar refractivity (Wildman–Crippen MR) is 62.5 cm³/mol. The highest BCUT2D eigenvalue weighted by atomic mass is 15.2. The van der Waals surface area contributed by atoms with Crippen LogP contribution in [0.3, 0.4) is 0 Å². The van der Waals surface area contributed by atoms with Gasteiger partial charge in [0.05, 0.1) is 11.6 Å². The molecule has 0 unspecified atom stereocenters. The van der Waals surface area contributed by atoms with Gasteiger partial charge in [-0.1, -0.05) is 20.3 Å². The Kier molecular flexibility index (Phi) is 5.98. The zero-order valence-electron chi connectivity index (χ0n) is 10.6. The van der Waals surface area contributed by atoms with Gasteiger partial charge in [0.2, 0.25) is 0 Å². The maximum Gasteiger partial charge on any atom is 0.0760 e. The Balaban J connectivity index is 3.83. The van der Waals surface area contributed by atoms with Gasteiger partial charge >= 0.3 is 0 Å². The SMILES string of the molecule is C[C](C)CCCC(C)(C)N=NC(C)C. The van der Waals surface area contributed by atoms with Gasteiger partial charge in [0, 0.05) is 0 Å². The van der Waals surface area contributed by atoms with E-state index in [1.54, 1.807) is 0 Å². The van der Waals surface area contributed by atoms with Crippen molar-refractivity contribution in [2.75, 3.05) is 0 Å². The molecule has 0 aromatic carbocycles. The molecule has 0 N–H and O–H groups in total. The molecule has 0 atom stereocenters. The topological polar surface area (TPSA) is 24.7 Å². The van der Waals surface area contributed by atoms with Gasteiger partial charge in [-0.15, -0.1) is 0 Å². The summed E-state index contributed by atoms with van der Waals surface area (Å²) in [6.07, 6.45) is 3.54. The monoisotopic (exact) mass is 197 g/mol. The second-order valence-electron chi connectivity index (χ2n) is 5.18. The number of hydrogen-bond acceptors (Lipinski definition) is 2. The molecule has 0 aromatic rings. The van der Waals surface area contributed by atoms with Crippen LogP contribution in [0.4, 0.5) is 0 Å². The fourth-order valence-corrected chi connectivity index (χ4v) is 1.20. The van der Waals surface area contributed by atoms with Crippen LogP contribution in [0.2, 0.25) is 0 Å². The fourth-order valence-electron chi connectivity index (χ4n) is 1.20. The van der Waals surface area contributed by atoms with E-state index in [1.165, 1.54) is 18.8 Å². The number of rotatable bonds is 6. The van der Waals surface area contributed by atoms with Crippen molar-refractivity contribution in [2.24, 2.45) is 10.2 Å². The first-order valence-electron chi connectivity index (χ1n) is 5.54. The van der Waals surface area contributed by atoms with E-state index < -0.39 is 0 Å². The average Bonchev–Trinajstić information content (AvgIpc) is 2.00. The third kappa shape index (κ3) is 8.21. The van der Waals surface area contributed by atoms with E-state index in [4.69, 9.17) is 0 Å². The first-order valence-corrected chi connectivity index (χ1v) is 5.54. The minimum Gasteiger partial charge on any atom is -0.191 e. The lowest BCUT2D eigenvalue weighted by molar-refractivity contribution is 0.425. The van der Waals surface area contributed by atoms with Crippen molar-refractivity contribution in [3.63, 3.8) is 0 Å². The molecule has 0 aliphatic heterocycles. The van der Waals surface area contributed by atoms with Crippen LogP contribution in [0.15, 0.2) is 10.2 Å². The summed E-state index contributed by atoms with van der Waals surface area (Å²) in [7, 11) is 0. The minimum absolute atomic E-state index is 0.0136. The van der Waals surface area contributed by atoms with Crippen LogP contribution in [-0.4, -0.2) is 11.6 Å². The molecule has 83 valence electrons. The number of hydrogen-bond donors (Lipinski definition) is 0. The molecule has 2 heteroatoms. The number of nitrogens with zero attached hydrogens (tertiary/aromatic N) is 2. The van der Waals surface area contributed by atoms with Crippen molar-refractivity contribution >= 4 is 0 Å². The van der Waals surface area contributed by atoms with Gasteiger partial charge in [-0.25, -0.2) is 0 Å². The molecular weight excluding hydrogens is 172 g/mol. The second-order valence-corrected chi connectivity index (χ2v) is 5.18. The molecule has 0 heterocycles. The van der Waals surface area contributed by atoms with Crippen LogP contribution in [0.25, 0.3) is 0 Å². The molecule has 0 spiro atoms. The van der Waals surface area contributed by atoms with Crippen molar-refractivity contribution in [3.05, 3.63) is 5.92 Å². The molecule has 2 nitrogen and oxygen atoms in total. The molecule has 0 aromatic heterocycles. The Labute approximate surface area is 89.2 Å². The molecule has 0 bridgehead atoms. The van der Waals surface area contributed by atoms with Gasteiger partial charge in [0.25, 0.3) is 0 Å². The molecule has 0 rings (SSSR count). The zero-order valence-corrected chi connectivity index (χ0v) is 10.6. The quantitative estimate of drug-likeness (QED) is 0.563. The van der Waals surface area contributed by atoms with Crippen molar-refractivity contribution in [1.82, 2.24) is 0 Å². The molecular formula is C12H25N2. The Morgan fingerprint density at radius 1 is 1.21 bits per heavy atom. The van der Waals surface area contributed by atoms with E-state index in [-0.39, 0.29) is 5.54 Å². The van der Waals surface area contributed by atoms with Crippen molar-refractivity contribution < 1.29 is 0 Å². The first kappa shape index (κ1) is 13.6. The van der Waals surface area contributed by atoms with Crippen LogP contribution in [0.5, 0.6) is 0 Å². The van der Waals surface area contributed by atoms with E-state index in [1.807, 2.05) is 0 Å². The second kappa shape index (κ2) is 6.15. The molecule has 0 amide bonds. The first-order chi connectivity index (χ1) is 6.33. The van der Waals surface area contributed by atoms with Gasteiger partial charge in [-0.05, 0) is 46.5 Å². The van der Waals surface area contributed by atoms with Crippen molar-refractivity contribution in [2.45, 2.75) is 72.4 Å². The van der Waals surface area contributed by atoms with E-state index >= 15 is 0 Å². The summed E-state index contributed by atoms with van der Waals surface area (Å²) >= 11 is 0. The summed E-state index contributed by atoms with van der Waals surface area (Å²) in [6.45, 7) is 12.8. The molecule has 1 radical (unpaired) electrons. The van der Waals surface area contributed by atoms with Crippen LogP contribution in [0.1, 0.15) is 60.8 Å². The highest BCUT2D eigenvalue weighted by Gasteiger charge is 2.16. The van der Waals surface area contributed by atoms with Gasteiger partial charge in [-0.2, -0.15) is 10.2 Å². The molecule has 0 saturated heterocycles. The van der Waals surface area contributed by atoms with E-state index in [2.05, 4.69) is 51.8 Å². The van der Waals surface area contributed by atoms with Crippen molar-refractivity contribution in [1.29, 1.82) is 0 Å². The Morgan fingerprint density at radius 2 is 1.79 bits per heavy atom. The molecule has 0 fully saturated rings. The molecule has 14 heavy (non-hydrogen) atoms. The third-order valence-corrected chi connectivity index (χ3v) is 2.02. The maximum absolute atomic E-state index is 4.37. The Hall–Kier alpha value is -0.400. The van der Waals surface area contributed by atoms with Gasteiger partial charge in [-0.3, -0.25) is 0 Å². The van der Waals surface area contributed by atoms with E-state index in [0.717, 1.165) is 6.42 Å². The fraction of sp³-hybridized carbons (Fsp3) is 0.917. The summed E-state index contributed by atoms with van der Waals surface area (Å²) < 4.78 is 0.